The van der Waals surface area contributed by atoms with Gasteiger partial charge in [-0.15, -0.1) is 11.3 Å². The van der Waals surface area contributed by atoms with E-state index in [1.807, 2.05) is 29.6 Å². The van der Waals surface area contributed by atoms with Gasteiger partial charge < -0.3 is 11.1 Å². The molecule has 0 saturated carbocycles. The largest absolute Gasteiger partial charge is 0.367 e. The molecule has 0 radical (unpaired) electrons. The number of anilines is 1. The maximum Gasteiger partial charge on any atom is 0.165 e. The molecule has 7 heteroatoms. The highest BCUT2D eigenvalue weighted by Crippen LogP contribution is 2.29. The van der Waals surface area contributed by atoms with Gasteiger partial charge in [-0.1, -0.05) is 30.3 Å². The molecule has 1 aromatic carbocycles. The van der Waals surface area contributed by atoms with Crippen LogP contribution in [0.4, 0.5) is 10.2 Å². The van der Waals surface area contributed by atoms with Gasteiger partial charge in [0.2, 0.25) is 0 Å². The van der Waals surface area contributed by atoms with E-state index in [1.54, 1.807) is 17.4 Å². The zero-order chi connectivity index (χ0) is 18.6. The average Bonchev–Trinajstić information content (AvgIpc) is 3.16. The van der Waals surface area contributed by atoms with E-state index in [4.69, 9.17) is 5.73 Å². The fourth-order valence-electron chi connectivity index (χ4n) is 2.88. The van der Waals surface area contributed by atoms with Crippen LogP contribution in [0.3, 0.4) is 0 Å². The SMILES string of the molecule is N[C@H](CNc1nc(-c2ccncc2F)nc2ccsc12)Cc1ccccc1. The summed E-state index contributed by atoms with van der Waals surface area (Å²) in [6.07, 6.45) is 3.46. The molecule has 4 rings (SSSR count). The highest BCUT2D eigenvalue weighted by molar-refractivity contribution is 7.17. The maximum atomic E-state index is 14.1. The summed E-state index contributed by atoms with van der Waals surface area (Å²) in [5.41, 5.74) is 8.57. The van der Waals surface area contributed by atoms with Crippen LogP contribution in [0.15, 0.2) is 60.2 Å². The first-order valence-corrected chi connectivity index (χ1v) is 9.47. The molecule has 27 heavy (non-hydrogen) atoms. The van der Waals surface area contributed by atoms with Crippen molar-refractivity contribution in [2.75, 3.05) is 11.9 Å². The fourth-order valence-corrected chi connectivity index (χ4v) is 3.67. The molecule has 0 bridgehead atoms. The molecular formula is C20H18FN5S. The van der Waals surface area contributed by atoms with Crippen molar-refractivity contribution >= 4 is 27.4 Å². The molecule has 4 aromatic rings. The van der Waals surface area contributed by atoms with Crippen LogP contribution in [0.2, 0.25) is 0 Å². The van der Waals surface area contributed by atoms with Crippen LogP contribution in [0.25, 0.3) is 21.6 Å². The lowest BCUT2D eigenvalue weighted by molar-refractivity contribution is 0.623. The Bertz CT molecular complexity index is 1050. The summed E-state index contributed by atoms with van der Waals surface area (Å²) in [7, 11) is 0. The minimum Gasteiger partial charge on any atom is -0.367 e. The summed E-state index contributed by atoms with van der Waals surface area (Å²) in [6.45, 7) is 0.553. The summed E-state index contributed by atoms with van der Waals surface area (Å²) in [6, 6.07) is 13.5. The van der Waals surface area contributed by atoms with Crippen LogP contribution < -0.4 is 11.1 Å². The number of pyridine rings is 1. The van der Waals surface area contributed by atoms with Crippen LogP contribution in [0.1, 0.15) is 5.56 Å². The van der Waals surface area contributed by atoms with Crippen LogP contribution in [0.5, 0.6) is 0 Å². The van der Waals surface area contributed by atoms with Crippen LogP contribution >= 0.6 is 11.3 Å². The van der Waals surface area contributed by atoms with Crippen LogP contribution in [0, 0.1) is 5.82 Å². The monoisotopic (exact) mass is 379 g/mol. The van der Waals surface area contributed by atoms with Crippen molar-refractivity contribution in [2.45, 2.75) is 12.5 Å². The van der Waals surface area contributed by atoms with Crippen molar-refractivity contribution in [2.24, 2.45) is 5.73 Å². The zero-order valence-corrected chi connectivity index (χ0v) is 15.3. The Morgan fingerprint density at radius 1 is 1.11 bits per heavy atom. The van der Waals surface area contributed by atoms with Gasteiger partial charge in [0.25, 0.3) is 0 Å². The van der Waals surface area contributed by atoms with E-state index >= 15 is 0 Å². The number of nitrogens with zero attached hydrogens (tertiary/aromatic N) is 3. The van der Waals surface area contributed by atoms with Gasteiger partial charge in [0.15, 0.2) is 11.6 Å². The summed E-state index contributed by atoms with van der Waals surface area (Å²) < 4.78 is 15.0. The topological polar surface area (TPSA) is 76.7 Å². The summed E-state index contributed by atoms with van der Waals surface area (Å²) in [5, 5.41) is 5.27. The van der Waals surface area contributed by atoms with Gasteiger partial charge in [0, 0.05) is 18.8 Å². The number of rotatable bonds is 6. The molecule has 0 saturated heterocycles. The van der Waals surface area contributed by atoms with E-state index in [2.05, 4.69) is 32.4 Å². The third-order valence-electron chi connectivity index (χ3n) is 4.19. The van der Waals surface area contributed by atoms with Crippen molar-refractivity contribution in [3.63, 3.8) is 0 Å². The Hall–Kier alpha value is -2.90. The molecule has 0 aliphatic heterocycles. The molecule has 3 aromatic heterocycles. The molecular weight excluding hydrogens is 361 g/mol. The number of nitrogens with one attached hydrogen (secondary N) is 1. The van der Waals surface area contributed by atoms with Gasteiger partial charge in [0.05, 0.1) is 22.0 Å². The zero-order valence-electron chi connectivity index (χ0n) is 14.5. The first-order chi connectivity index (χ1) is 13.2. The van der Waals surface area contributed by atoms with Crippen molar-refractivity contribution in [1.82, 2.24) is 15.0 Å². The van der Waals surface area contributed by atoms with Gasteiger partial charge >= 0.3 is 0 Å². The normalized spacial score (nSPS) is 12.2. The highest BCUT2D eigenvalue weighted by atomic mass is 32.1. The molecule has 3 heterocycles. The Morgan fingerprint density at radius 2 is 1.96 bits per heavy atom. The second-order valence-corrected chi connectivity index (χ2v) is 7.13. The number of halogens is 1. The van der Waals surface area contributed by atoms with Crippen LogP contribution in [-0.4, -0.2) is 27.5 Å². The van der Waals surface area contributed by atoms with Gasteiger partial charge in [0.1, 0.15) is 5.82 Å². The number of aromatic nitrogens is 3. The van der Waals surface area contributed by atoms with Crippen molar-refractivity contribution in [3.05, 3.63) is 71.6 Å². The summed E-state index contributed by atoms with van der Waals surface area (Å²) in [5.74, 6) is 0.559. The molecule has 0 unspecified atom stereocenters. The van der Waals surface area contributed by atoms with E-state index in [-0.39, 0.29) is 6.04 Å². The third-order valence-corrected chi connectivity index (χ3v) is 5.10. The van der Waals surface area contributed by atoms with E-state index in [0.717, 1.165) is 16.6 Å². The van der Waals surface area contributed by atoms with Gasteiger partial charge in [-0.05, 0) is 29.5 Å². The number of benzene rings is 1. The third kappa shape index (κ3) is 3.94. The predicted molar refractivity (Wildman–Crippen MR) is 107 cm³/mol. The first-order valence-electron chi connectivity index (χ1n) is 8.59. The van der Waals surface area contributed by atoms with Crippen molar-refractivity contribution in [1.29, 1.82) is 0 Å². The van der Waals surface area contributed by atoms with Crippen molar-refractivity contribution < 1.29 is 4.39 Å². The molecule has 0 amide bonds. The summed E-state index contributed by atoms with van der Waals surface area (Å²) in [4.78, 5) is 12.8. The Kier molecular flexibility index (Phi) is 5.04. The molecule has 0 fully saturated rings. The van der Waals surface area contributed by atoms with Gasteiger partial charge in [-0.3, -0.25) is 4.98 Å². The number of fused-ring (bicyclic) bond motifs is 1. The molecule has 5 nitrogen and oxygen atoms in total. The first kappa shape index (κ1) is 17.5. The lowest BCUT2D eigenvalue weighted by Gasteiger charge is -2.14. The Labute approximate surface area is 160 Å². The molecule has 0 aliphatic carbocycles. The van der Waals surface area contributed by atoms with E-state index < -0.39 is 5.82 Å². The average molecular weight is 379 g/mol. The molecule has 1 atom stereocenters. The van der Waals surface area contributed by atoms with Crippen LogP contribution in [-0.2, 0) is 6.42 Å². The quantitative estimate of drug-likeness (QED) is 0.532. The minimum absolute atomic E-state index is 0.0708. The second-order valence-electron chi connectivity index (χ2n) is 6.22. The highest BCUT2D eigenvalue weighted by Gasteiger charge is 2.14. The van der Waals surface area contributed by atoms with Gasteiger partial charge in [-0.2, -0.15) is 0 Å². The van der Waals surface area contributed by atoms with E-state index in [9.17, 15) is 4.39 Å². The fraction of sp³-hybridized carbons (Fsp3) is 0.150. The Morgan fingerprint density at radius 3 is 2.78 bits per heavy atom. The maximum absolute atomic E-state index is 14.1. The van der Waals surface area contributed by atoms with E-state index in [0.29, 0.717) is 23.8 Å². The lowest BCUT2D eigenvalue weighted by atomic mass is 10.1. The standard InChI is InChI=1S/C20H18FN5S/c21-16-12-23-8-6-15(16)19-25-17-7-9-27-18(17)20(26-19)24-11-14(22)10-13-4-2-1-3-5-13/h1-9,12,14H,10-11,22H2,(H,24,25,26)/t14-/m0/s1. The number of nitrogens with two attached hydrogens (primary N) is 1. The molecule has 0 spiro atoms. The summed E-state index contributed by atoms with van der Waals surface area (Å²) >= 11 is 1.54. The number of hydrogen-bond donors (Lipinski definition) is 2. The lowest BCUT2D eigenvalue weighted by Crippen LogP contribution is -2.31. The van der Waals surface area contributed by atoms with Gasteiger partial charge in [-0.25, -0.2) is 14.4 Å². The molecule has 3 N–H and O–H groups in total. The molecule has 136 valence electrons. The van der Waals surface area contributed by atoms with E-state index in [1.165, 1.54) is 18.0 Å². The number of hydrogen-bond acceptors (Lipinski definition) is 6. The minimum atomic E-state index is -0.446. The predicted octanol–water partition coefficient (Wildman–Crippen LogP) is 3.87. The second kappa shape index (κ2) is 7.77. The van der Waals surface area contributed by atoms with Crippen molar-refractivity contribution in [3.8, 4) is 11.4 Å². The molecule has 0 aliphatic rings. The Balaban J connectivity index is 1.58. The number of thiophene rings is 1. The smallest absolute Gasteiger partial charge is 0.165 e.